The minimum Gasteiger partial charge on any atom is -0.201 e. The molecule has 3 aromatic rings. The van der Waals surface area contributed by atoms with Crippen molar-refractivity contribution in [3.8, 4) is 22.4 Å². The summed E-state index contributed by atoms with van der Waals surface area (Å²) in [5.74, 6) is -0.588. The highest BCUT2D eigenvalue weighted by atomic mass is 14.9. The van der Waals surface area contributed by atoms with E-state index in [4.69, 9.17) is 1.37 Å². The molecule has 0 bridgehead atoms. The summed E-state index contributed by atoms with van der Waals surface area (Å²) in [5.41, 5.74) is 11.8. The number of benzene rings is 2. The maximum Gasteiger partial charge on any atom is 0.212 e. The van der Waals surface area contributed by atoms with Gasteiger partial charge in [-0.25, -0.2) is 4.57 Å². The number of pyridine rings is 1. The van der Waals surface area contributed by atoms with E-state index in [2.05, 4.69) is 74.1 Å². The number of hydrogen-bond acceptors (Lipinski definition) is 0. The van der Waals surface area contributed by atoms with E-state index in [1.807, 2.05) is 13.8 Å². The Morgan fingerprint density at radius 3 is 2.48 bits per heavy atom. The SMILES string of the molecule is [2H]C(C)(C)c1c[n+](C)c(-c2ccc3c(c2C)Cc2ccccc2-3)cc1C. The summed E-state index contributed by atoms with van der Waals surface area (Å²) in [4.78, 5) is 0. The molecule has 0 spiro atoms. The molecule has 25 heavy (non-hydrogen) atoms. The number of aromatic nitrogens is 1. The van der Waals surface area contributed by atoms with Crippen molar-refractivity contribution in [2.75, 3.05) is 0 Å². The van der Waals surface area contributed by atoms with Gasteiger partial charge >= 0.3 is 0 Å². The van der Waals surface area contributed by atoms with Crippen molar-refractivity contribution in [2.45, 2.75) is 40.0 Å². The van der Waals surface area contributed by atoms with Crippen molar-refractivity contribution in [3.63, 3.8) is 0 Å². The summed E-state index contributed by atoms with van der Waals surface area (Å²) in [6, 6.07) is 15.5. The zero-order valence-electron chi connectivity index (χ0n) is 16.8. The minimum atomic E-state index is -0.588. The fourth-order valence-electron chi connectivity index (χ4n) is 4.18. The Labute approximate surface area is 152 Å². The Morgan fingerprint density at radius 1 is 1.00 bits per heavy atom. The Balaban J connectivity index is 1.86. The average Bonchev–Trinajstić information content (AvgIpc) is 2.96. The number of aryl methyl sites for hydroxylation is 2. The molecule has 1 aromatic heterocycles. The fraction of sp³-hybridized carbons (Fsp3) is 0.292. The molecule has 1 nitrogen and oxygen atoms in total. The molecule has 0 saturated heterocycles. The Bertz CT molecular complexity index is 1030. The van der Waals surface area contributed by atoms with Crippen LogP contribution in [0.2, 0.25) is 0 Å². The van der Waals surface area contributed by atoms with Crippen LogP contribution in [-0.2, 0) is 13.5 Å². The highest BCUT2D eigenvalue weighted by Crippen LogP contribution is 2.40. The van der Waals surface area contributed by atoms with Gasteiger partial charge in [0.05, 0.1) is 0 Å². The van der Waals surface area contributed by atoms with Gasteiger partial charge in [-0.3, -0.25) is 0 Å². The van der Waals surface area contributed by atoms with E-state index in [1.165, 1.54) is 44.6 Å². The highest BCUT2D eigenvalue weighted by molar-refractivity contribution is 5.81. The predicted octanol–water partition coefficient (Wildman–Crippen LogP) is 5.49. The van der Waals surface area contributed by atoms with Crippen LogP contribution in [-0.4, -0.2) is 0 Å². The molecule has 0 atom stereocenters. The topological polar surface area (TPSA) is 3.88 Å². The number of hydrogen-bond donors (Lipinski definition) is 0. The molecule has 4 rings (SSSR count). The smallest absolute Gasteiger partial charge is 0.201 e. The van der Waals surface area contributed by atoms with Gasteiger partial charge in [0.15, 0.2) is 6.20 Å². The van der Waals surface area contributed by atoms with Crippen LogP contribution in [0.25, 0.3) is 22.4 Å². The van der Waals surface area contributed by atoms with Crippen LogP contribution >= 0.6 is 0 Å². The minimum absolute atomic E-state index is 0.588. The van der Waals surface area contributed by atoms with Crippen LogP contribution in [0, 0.1) is 13.8 Å². The Kier molecular flexibility index (Phi) is 3.48. The maximum atomic E-state index is 8.39. The van der Waals surface area contributed by atoms with Crippen molar-refractivity contribution >= 4 is 0 Å². The van der Waals surface area contributed by atoms with E-state index < -0.39 is 5.89 Å². The van der Waals surface area contributed by atoms with E-state index in [0.717, 1.165) is 12.0 Å². The lowest BCUT2D eigenvalue weighted by atomic mass is 9.93. The zero-order valence-corrected chi connectivity index (χ0v) is 15.8. The first-order valence-electron chi connectivity index (χ1n) is 9.49. The lowest BCUT2D eigenvalue weighted by Crippen LogP contribution is -2.32. The van der Waals surface area contributed by atoms with Crippen molar-refractivity contribution in [1.29, 1.82) is 0 Å². The highest BCUT2D eigenvalue weighted by Gasteiger charge is 2.24. The van der Waals surface area contributed by atoms with Gasteiger partial charge < -0.3 is 0 Å². The quantitative estimate of drug-likeness (QED) is 0.428. The third-order valence-corrected chi connectivity index (χ3v) is 5.57. The van der Waals surface area contributed by atoms with Gasteiger partial charge in [0, 0.05) is 18.6 Å². The number of nitrogens with zero attached hydrogens (tertiary/aromatic N) is 1. The molecule has 0 fully saturated rings. The first kappa shape index (κ1) is 14.9. The molecule has 126 valence electrons. The molecular formula is C24H26N+. The lowest BCUT2D eigenvalue weighted by Gasteiger charge is -2.13. The van der Waals surface area contributed by atoms with Crippen LogP contribution in [0.3, 0.4) is 0 Å². The molecule has 2 aromatic carbocycles. The molecule has 0 radical (unpaired) electrons. The van der Waals surface area contributed by atoms with Crippen molar-refractivity contribution in [1.82, 2.24) is 0 Å². The second kappa shape index (κ2) is 5.84. The first-order valence-corrected chi connectivity index (χ1v) is 8.99. The summed E-state index contributed by atoms with van der Waals surface area (Å²) >= 11 is 0. The molecular weight excluding hydrogens is 302 g/mol. The fourth-order valence-corrected chi connectivity index (χ4v) is 4.18. The third kappa shape index (κ3) is 2.50. The summed E-state index contributed by atoms with van der Waals surface area (Å²) < 4.78 is 10.6. The molecule has 1 heteroatoms. The lowest BCUT2D eigenvalue weighted by molar-refractivity contribution is -0.660. The van der Waals surface area contributed by atoms with Gasteiger partial charge in [-0.2, -0.15) is 0 Å². The van der Waals surface area contributed by atoms with Gasteiger partial charge in [0.2, 0.25) is 5.69 Å². The molecule has 0 amide bonds. The summed E-state index contributed by atoms with van der Waals surface area (Å²) in [7, 11) is 2.09. The van der Waals surface area contributed by atoms with Crippen LogP contribution < -0.4 is 4.57 Å². The normalized spacial score (nSPS) is 13.4. The second-order valence-electron chi connectivity index (χ2n) is 7.46. The summed E-state index contributed by atoms with van der Waals surface area (Å²) in [6.45, 7) is 8.27. The molecule has 0 saturated carbocycles. The summed E-state index contributed by atoms with van der Waals surface area (Å²) in [5, 5.41) is 0. The molecule has 1 aliphatic carbocycles. The average molecular weight is 329 g/mol. The van der Waals surface area contributed by atoms with E-state index in [9.17, 15) is 0 Å². The largest absolute Gasteiger partial charge is 0.212 e. The van der Waals surface area contributed by atoms with Gasteiger partial charge in [-0.15, -0.1) is 0 Å². The van der Waals surface area contributed by atoms with Crippen LogP contribution in [0.15, 0.2) is 48.7 Å². The summed E-state index contributed by atoms with van der Waals surface area (Å²) in [6.07, 6.45) is 3.14. The van der Waals surface area contributed by atoms with Crippen molar-refractivity contribution in [3.05, 3.63) is 76.5 Å². The first-order chi connectivity index (χ1) is 12.3. The number of fused-ring (bicyclic) bond motifs is 3. The van der Waals surface area contributed by atoms with Gasteiger partial charge in [-0.05, 0) is 65.6 Å². The van der Waals surface area contributed by atoms with E-state index in [0.29, 0.717) is 0 Å². The van der Waals surface area contributed by atoms with Crippen LogP contribution in [0.1, 0.15) is 48.9 Å². The molecule has 0 aliphatic heterocycles. The Hall–Kier alpha value is -2.41. The molecule has 0 unspecified atom stereocenters. The van der Waals surface area contributed by atoms with Gasteiger partial charge in [-0.1, -0.05) is 44.2 Å². The zero-order chi connectivity index (χ0) is 18.6. The second-order valence-corrected chi connectivity index (χ2v) is 7.46. The van der Waals surface area contributed by atoms with Crippen LogP contribution in [0.4, 0.5) is 0 Å². The molecule has 1 heterocycles. The van der Waals surface area contributed by atoms with Crippen molar-refractivity contribution < 1.29 is 5.94 Å². The predicted molar refractivity (Wildman–Crippen MR) is 105 cm³/mol. The van der Waals surface area contributed by atoms with E-state index in [1.54, 1.807) is 0 Å². The number of rotatable bonds is 2. The van der Waals surface area contributed by atoms with Crippen molar-refractivity contribution in [2.24, 2.45) is 7.05 Å². The Morgan fingerprint density at radius 2 is 1.72 bits per heavy atom. The van der Waals surface area contributed by atoms with Crippen LogP contribution in [0.5, 0.6) is 0 Å². The molecule has 0 N–H and O–H groups in total. The molecule has 1 aliphatic rings. The van der Waals surface area contributed by atoms with Gasteiger partial charge in [0.25, 0.3) is 0 Å². The maximum absolute atomic E-state index is 8.39. The van der Waals surface area contributed by atoms with Gasteiger partial charge in [0.1, 0.15) is 7.05 Å². The van der Waals surface area contributed by atoms with E-state index in [-0.39, 0.29) is 0 Å². The monoisotopic (exact) mass is 329 g/mol. The third-order valence-electron chi connectivity index (χ3n) is 5.57. The van der Waals surface area contributed by atoms with E-state index >= 15 is 0 Å². The standard InChI is InChI=1S/C24H26N/c1-15(2)23-14-25(5)24(12-16(23)3)19-10-11-21-20-9-7-6-8-18(20)13-22(21)17(19)4/h6-12,14-15H,13H2,1-5H3/q+1/i15D.